The zero-order chi connectivity index (χ0) is 8.97. The lowest BCUT2D eigenvalue weighted by Crippen LogP contribution is -2.10. The molecule has 0 aliphatic rings. The smallest absolute Gasteiger partial charge is 0.196 e. The van der Waals surface area contributed by atoms with E-state index in [0.29, 0.717) is 23.8 Å². The van der Waals surface area contributed by atoms with E-state index in [0.717, 1.165) is 6.54 Å². The van der Waals surface area contributed by atoms with Gasteiger partial charge in [-0.1, -0.05) is 0 Å². The summed E-state index contributed by atoms with van der Waals surface area (Å²) in [7, 11) is 1.85. The normalized spacial score (nSPS) is 10.6. The van der Waals surface area contributed by atoms with Gasteiger partial charge in [0, 0.05) is 13.0 Å². The molecule has 0 aliphatic heterocycles. The van der Waals surface area contributed by atoms with Crippen LogP contribution >= 0.6 is 0 Å². The molecule has 4 heteroatoms. The molecule has 0 saturated carbocycles. The Labute approximate surface area is 71.0 Å². The standard InChI is InChI=1S/C8H13FN2O/c1-6-7(5-9)12-8(11-6)3-4-10-2/h10H,3-5H2,1-2H3. The van der Waals surface area contributed by atoms with Crippen LogP contribution in [0.4, 0.5) is 4.39 Å². The first-order chi connectivity index (χ1) is 5.77. The van der Waals surface area contributed by atoms with Gasteiger partial charge in [0.05, 0.1) is 5.69 Å². The Kier molecular flexibility index (Phi) is 3.22. The fourth-order valence-electron chi connectivity index (χ4n) is 0.951. The summed E-state index contributed by atoms with van der Waals surface area (Å²) in [6.07, 6.45) is 0.706. The predicted octanol–water partition coefficient (Wildman–Crippen LogP) is 1.21. The van der Waals surface area contributed by atoms with Gasteiger partial charge in [-0.2, -0.15) is 0 Å². The molecule has 0 aliphatic carbocycles. The first kappa shape index (κ1) is 9.19. The zero-order valence-electron chi connectivity index (χ0n) is 7.35. The van der Waals surface area contributed by atoms with Crippen molar-refractivity contribution in [2.45, 2.75) is 20.0 Å². The second kappa shape index (κ2) is 4.21. The van der Waals surface area contributed by atoms with Crippen molar-refractivity contribution in [2.75, 3.05) is 13.6 Å². The van der Waals surface area contributed by atoms with Crippen molar-refractivity contribution in [2.24, 2.45) is 0 Å². The first-order valence-electron chi connectivity index (χ1n) is 3.93. The van der Waals surface area contributed by atoms with E-state index >= 15 is 0 Å². The SMILES string of the molecule is CNCCc1nc(C)c(CF)o1. The van der Waals surface area contributed by atoms with E-state index in [2.05, 4.69) is 10.3 Å². The Balaban J connectivity index is 2.62. The Hall–Kier alpha value is -0.900. The van der Waals surface area contributed by atoms with Crippen LogP contribution in [0.25, 0.3) is 0 Å². The highest BCUT2D eigenvalue weighted by Crippen LogP contribution is 2.11. The number of nitrogens with one attached hydrogen (secondary N) is 1. The second-order valence-electron chi connectivity index (χ2n) is 2.60. The number of hydrogen-bond acceptors (Lipinski definition) is 3. The molecule has 12 heavy (non-hydrogen) atoms. The van der Waals surface area contributed by atoms with Gasteiger partial charge >= 0.3 is 0 Å². The molecule has 1 aromatic rings. The second-order valence-corrected chi connectivity index (χ2v) is 2.60. The first-order valence-corrected chi connectivity index (χ1v) is 3.93. The quantitative estimate of drug-likeness (QED) is 0.742. The summed E-state index contributed by atoms with van der Waals surface area (Å²) >= 11 is 0. The molecule has 0 aromatic carbocycles. The van der Waals surface area contributed by atoms with Crippen LogP contribution in [-0.2, 0) is 13.1 Å². The molecule has 0 fully saturated rings. The summed E-state index contributed by atoms with van der Waals surface area (Å²) < 4.78 is 17.3. The molecular weight excluding hydrogens is 159 g/mol. The van der Waals surface area contributed by atoms with Gasteiger partial charge in [-0.3, -0.25) is 0 Å². The number of hydrogen-bond donors (Lipinski definition) is 1. The minimum atomic E-state index is -0.571. The van der Waals surface area contributed by atoms with Crippen LogP contribution in [0.5, 0.6) is 0 Å². The van der Waals surface area contributed by atoms with Crippen LogP contribution in [0.3, 0.4) is 0 Å². The third-order valence-corrected chi connectivity index (χ3v) is 1.65. The number of alkyl halides is 1. The van der Waals surface area contributed by atoms with E-state index in [-0.39, 0.29) is 0 Å². The van der Waals surface area contributed by atoms with Gasteiger partial charge < -0.3 is 9.73 Å². The van der Waals surface area contributed by atoms with Crippen molar-refractivity contribution in [1.29, 1.82) is 0 Å². The molecule has 1 heterocycles. The van der Waals surface area contributed by atoms with Gasteiger partial charge in [0.2, 0.25) is 0 Å². The molecule has 0 radical (unpaired) electrons. The number of rotatable bonds is 4. The molecule has 0 unspecified atom stereocenters. The van der Waals surface area contributed by atoms with Gasteiger partial charge in [-0.15, -0.1) is 0 Å². The van der Waals surface area contributed by atoms with Crippen molar-refractivity contribution < 1.29 is 8.81 Å². The molecule has 0 atom stereocenters. The van der Waals surface area contributed by atoms with Crippen LogP contribution in [0, 0.1) is 6.92 Å². The highest BCUT2D eigenvalue weighted by molar-refractivity contribution is 5.06. The monoisotopic (exact) mass is 172 g/mol. The molecule has 1 N–H and O–H groups in total. The topological polar surface area (TPSA) is 38.1 Å². The number of likely N-dealkylation sites (N-methyl/N-ethyl adjacent to an activating group) is 1. The summed E-state index contributed by atoms with van der Waals surface area (Å²) in [5.41, 5.74) is 0.656. The molecular formula is C8H13FN2O. The van der Waals surface area contributed by atoms with E-state index < -0.39 is 6.67 Å². The lowest BCUT2D eigenvalue weighted by molar-refractivity contribution is 0.372. The van der Waals surface area contributed by atoms with E-state index in [4.69, 9.17) is 4.42 Å². The third-order valence-electron chi connectivity index (χ3n) is 1.65. The van der Waals surface area contributed by atoms with E-state index in [9.17, 15) is 4.39 Å². The van der Waals surface area contributed by atoms with Crippen LogP contribution in [0.1, 0.15) is 17.3 Å². The van der Waals surface area contributed by atoms with Gasteiger partial charge in [-0.05, 0) is 14.0 Å². The number of aromatic nitrogens is 1. The third kappa shape index (κ3) is 2.04. The van der Waals surface area contributed by atoms with Crippen LogP contribution in [0.2, 0.25) is 0 Å². The van der Waals surface area contributed by atoms with Gasteiger partial charge in [0.25, 0.3) is 0 Å². The molecule has 3 nitrogen and oxygen atoms in total. The maximum Gasteiger partial charge on any atom is 0.196 e. The number of aryl methyl sites for hydroxylation is 1. The largest absolute Gasteiger partial charge is 0.443 e. The van der Waals surface area contributed by atoms with Crippen LogP contribution in [0.15, 0.2) is 4.42 Å². The lowest BCUT2D eigenvalue weighted by atomic mass is 10.4. The Morgan fingerprint density at radius 2 is 2.33 bits per heavy atom. The van der Waals surface area contributed by atoms with Gasteiger partial charge in [0.1, 0.15) is 6.67 Å². The van der Waals surface area contributed by atoms with Crippen molar-refractivity contribution in [3.05, 3.63) is 17.3 Å². The molecule has 1 rings (SSSR count). The summed E-state index contributed by atoms with van der Waals surface area (Å²) in [6, 6.07) is 0. The maximum atomic E-state index is 12.2. The Bertz CT molecular complexity index is 247. The summed E-state index contributed by atoms with van der Waals surface area (Å²) in [5, 5.41) is 2.97. The summed E-state index contributed by atoms with van der Waals surface area (Å²) in [4.78, 5) is 4.07. The van der Waals surface area contributed by atoms with Crippen LogP contribution in [-0.4, -0.2) is 18.6 Å². The molecule has 0 bridgehead atoms. The lowest BCUT2D eigenvalue weighted by Gasteiger charge is -1.92. The Morgan fingerprint density at radius 1 is 1.58 bits per heavy atom. The van der Waals surface area contributed by atoms with Crippen molar-refractivity contribution in [3.8, 4) is 0 Å². The van der Waals surface area contributed by atoms with Crippen molar-refractivity contribution in [1.82, 2.24) is 10.3 Å². The average molecular weight is 172 g/mol. The number of nitrogens with zero attached hydrogens (tertiary/aromatic N) is 1. The molecule has 68 valence electrons. The fraction of sp³-hybridized carbons (Fsp3) is 0.625. The highest BCUT2D eigenvalue weighted by Gasteiger charge is 2.07. The molecule has 1 aromatic heterocycles. The average Bonchev–Trinajstić information content (AvgIpc) is 2.43. The van der Waals surface area contributed by atoms with E-state index in [1.807, 2.05) is 7.05 Å². The van der Waals surface area contributed by atoms with Crippen LogP contribution < -0.4 is 5.32 Å². The zero-order valence-corrected chi connectivity index (χ0v) is 7.35. The highest BCUT2D eigenvalue weighted by atomic mass is 19.1. The van der Waals surface area contributed by atoms with Gasteiger partial charge in [-0.25, -0.2) is 9.37 Å². The molecule has 0 saturated heterocycles. The van der Waals surface area contributed by atoms with E-state index in [1.54, 1.807) is 6.92 Å². The maximum absolute atomic E-state index is 12.2. The van der Waals surface area contributed by atoms with Crippen molar-refractivity contribution >= 4 is 0 Å². The van der Waals surface area contributed by atoms with Crippen molar-refractivity contribution in [3.63, 3.8) is 0 Å². The molecule has 0 amide bonds. The number of oxazole rings is 1. The van der Waals surface area contributed by atoms with Gasteiger partial charge in [0.15, 0.2) is 11.7 Å². The minimum Gasteiger partial charge on any atom is -0.443 e. The molecule has 0 spiro atoms. The minimum absolute atomic E-state index is 0.348. The summed E-state index contributed by atoms with van der Waals surface area (Å²) in [6.45, 7) is 1.98. The predicted molar refractivity (Wildman–Crippen MR) is 43.7 cm³/mol. The van der Waals surface area contributed by atoms with E-state index in [1.165, 1.54) is 0 Å². The summed E-state index contributed by atoms with van der Waals surface area (Å²) in [5.74, 6) is 0.954. The fourth-order valence-corrected chi connectivity index (χ4v) is 0.951. The number of halogens is 1. The Morgan fingerprint density at radius 3 is 2.83 bits per heavy atom.